The van der Waals surface area contributed by atoms with Crippen molar-refractivity contribution in [1.82, 2.24) is 24.1 Å². The second kappa shape index (κ2) is 5.68. The van der Waals surface area contributed by atoms with Crippen LogP contribution < -0.4 is 0 Å². The van der Waals surface area contributed by atoms with Gasteiger partial charge in [-0.2, -0.15) is 0 Å². The second-order valence-electron chi connectivity index (χ2n) is 5.52. The molecule has 0 radical (unpaired) electrons. The maximum Gasteiger partial charge on any atom is 0.0996 e. The molecule has 4 aromatic rings. The number of imidazole rings is 2. The summed E-state index contributed by atoms with van der Waals surface area (Å²) in [5, 5.41) is 1.13. The lowest BCUT2D eigenvalue weighted by atomic mass is 10.1. The summed E-state index contributed by atoms with van der Waals surface area (Å²) in [4.78, 5) is 13.1. The molecule has 5 heteroatoms. The minimum absolute atomic E-state index is 0.209. The molecule has 1 unspecified atom stereocenters. The van der Waals surface area contributed by atoms with E-state index in [0.717, 1.165) is 28.7 Å². The van der Waals surface area contributed by atoms with Crippen LogP contribution >= 0.6 is 0 Å². The molecule has 0 saturated heterocycles. The fourth-order valence-electron chi connectivity index (χ4n) is 2.90. The molecule has 3 aromatic heterocycles. The van der Waals surface area contributed by atoms with Crippen molar-refractivity contribution in [3.8, 4) is 5.69 Å². The van der Waals surface area contributed by atoms with Gasteiger partial charge in [-0.15, -0.1) is 0 Å². The Bertz CT molecular complexity index is 923. The molecule has 4 rings (SSSR count). The number of aromatic nitrogens is 5. The number of benzene rings is 1. The van der Waals surface area contributed by atoms with Gasteiger partial charge < -0.3 is 9.13 Å². The van der Waals surface area contributed by atoms with Gasteiger partial charge in [-0.1, -0.05) is 13.0 Å². The van der Waals surface area contributed by atoms with Crippen LogP contribution in [0.4, 0.5) is 0 Å². The van der Waals surface area contributed by atoms with E-state index < -0.39 is 0 Å². The molecule has 0 aliphatic rings. The van der Waals surface area contributed by atoms with E-state index in [0.29, 0.717) is 0 Å². The summed E-state index contributed by atoms with van der Waals surface area (Å²) in [7, 11) is 0. The van der Waals surface area contributed by atoms with Crippen LogP contribution in [0.15, 0.2) is 67.8 Å². The van der Waals surface area contributed by atoms with Gasteiger partial charge in [0.1, 0.15) is 0 Å². The maximum atomic E-state index is 4.60. The molecule has 0 fully saturated rings. The van der Waals surface area contributed by atoms with Crippen LogP contribution in [0.5, 0.6) is 0 Å². The van der Waals surface area contributed by atoms with Gasteiger partial charge in [0.05, 0.1) is 29.9 Å². The van der Waals surface area contributed by atoms with Crippen LogP contribution in [0.1, 0.15) is 25.1 Å². The molecule has 0 amide bonds. The predicted octanol–water partition coefficient (Wildman–Crippen LogP) is 3.62. The monoisotopic (exact) mass is 303 g/mol. The van der Waals surface area contributed by atoms with Crippen LogP contribution in [0.25, 0.3) is 16.6 Å². The largest absolute Gasteiger partial charge is 0.328 e. The third-order valence-electron chi connectivity index (χ3n) is 4.10. The van der Waals surface area contributed by atoms with Crippen LogP contribution in [-0.4, -0.2) is 24.1 Å². The summed E-state index contributed by atoms with van der Waals surface area (Å²) in [6.07, 6.45) is 12.4. The Morgan fingerprint density at radius 1 is 1.09 bits per heavy atom. The summed E-state index contributed by atoms with van der Waals surface area (Å²) in [6.45, 7) is 2.16. The van der Waals surface area contributed by atoms with Crippen molar-refractivity contribution in [1.29, 1.82) is 0 Å². The minimum Gasteiger partial charge on any atom is -0.328 e. The van der Waals surface area contributed by atoms with Gasteiger partial charge in [-0.25, -0.2) is 9.97 Å². The number of fused-ring (bicyclic) bond motifs is 1. The first-order valence-electron chi connectivity index (χ1n) is 7.71. The normalized spacial score (nSPS) is 12.6. The number of hydrogen-bond donors (Lipinski definition) is 0. The van der Waals surface area contributed by atoms with E-state index in [1.807, 2.05) is 37.2 Å². The predicted molar refractivity (Wildman–Crippen MR) is 89.5 cm³/mol. The lowest BCUT2D eigenvalue weighted by molar-refractivity contribution is 0.553. The smallest absolute Gasteiger partial charge is 0.0996 e. The molecular weight excluding hydrogens is 286 g/mol. The van der Waals surface area contributed by atoms with Gasteiger partial charge >= 0.3 is 0 Å². The molecule has 0 spiro atoms. The Kier molecular flexibility index (Phi) is 3.38. The zero-order valence-corrected chi connectivity index (χ0v) is 12.9. The van der Waals surface area contributed by atoms with Gasteiger partial charge in [0.25, 0.3) is 0 Å². The Morgan fingerprint density at radius 3 is 2.87 bits per heavy atom. The molecule has 1 aromatic carbocycles. The van der Waals surface area contributed by atoms with Crippen molar-refractivity contribution in [2.75, 3.05) is 0 Å². The SMILES string of the molecule is CCC(c1cn(-c2ccc3ncccc3c2)cn1)n1ccnc1. The summed E-state index contributed by atoms with van der Waals surface area (Å²) in [6, 6.07) is 10.5. The average molecular weight is 303 g/mol. The third kappa shape index (κ3) is 2.50. The highest BCUT2D eigenvalue weighted by atomic mass is 15.1. The van der Waals surface area contributed by atoms with E-state index in [-0.39, 0.29) is 6.04 Å². The Hall–Kier alpha value is -2.95. The van der Waals surface area contributed by atoms with Gasteiger partial charge in [0.2, 0.25) is 0 Å². The van der Waals surface area contributed by atoms with Crippen LogP contribution in [-0.2, 0) is 0 Å². The van der Waals surface area contributed by atoms with E-state index in [9.17, 15) is 0 Å². The van der Waals surface area contributed by atoms with Crippen molar-refractivity contribution < 1.29 is 0 Å². The summed E-state index contributed by atoms with van der Waals surface area (Å²) >= 11 is 0. The van der Waals surface area contributed by atoms with Gasteiger partial charge in [-0.05, 0) is 30.7 Å². The van der Waals surface area contributed by atoms with E-state index >= 15 is 0 Å². The molecule has 0 aliphatic heterocycles. The highest BCUT2D eigenvalue weighted by molar-refractivity contribution is 5.80. The topological polar surface area (TPSA) is 48.5 Å². The van der Waals surface area contributed by atoms with Crippen molar-refractivity contribution in [3.63, 3.8) is 0 Å². The fraction of sp³-hybridized carbons (Fsp3) is 0.167. The zero-order chi connectivity index (χ0) is 15.6. The van der Waals surface area contributed by atoms with Gasteiger partial charge in [0, 0.05) is 35.9 Å². The molecular formula is C18H17N5. The van der Waals surface area contributed by atoms with Crippen molar-refractivity contribution in [3.05, 3.63) is 73.5 Å². The highest BCUT2D eigenvalue weighted by Gasteiger charge is 2.14. The molecule has 23 heavy (non-hydrogen) atoms. The molecule has 3 heterocycles. The number of hydrogen-bond acceptors (Lipinski definition) is 3. The van der Waals surface area contributed by atoms with E-state index in [4.69, 9.17) is 0 Å². The number of rotatable bonds is 4. The van der Waals surface area contributed by atoms with Crippen LogP contribution in [0, 0.1) is 0 Å². The lowest BCUT2D eigenvalue weighted by Crippen LogP contribution is -2.07. The van der Waals surface area contributed by atoms with Crippen molar-refractivity contribution >= 4 is 10.9 Å². The molecule has 114 valence electrons. The quantitative estimate of drug-likeness (QED) is 0.578. The molecule has 0 N–H and O–H groups in total. The average Bonchev–Trinajstić information content (AvgIpc) is 3.28. The Balaban J connectivity index is 1.71. The summed E-state index contributed by atoms with van der Waals surface area (Å²) in [5.41, 5.74) is 3.13. The Morgan fingerprint density at radius 2 is 2.04 bits per heavy atom. The first kappa shape index (κ1) is 13.7. The van der Waals surface area contributed by atoms with Crippen LogP contribution in [0.2, 0.25) is 0 Å². The second-order valence-corrected chi connectivity index (χ2v) is 5.52. The first-order chi connectivity index (χ1) is 11.3. The maximum absolute atomic E-state index is 4.60. The molecule has 0 bridgehead atoms. The van der Waals surface area contributed by atoms with Gasteiger partial charge in [-0.3, -0.25) is 4.98 Å². The summed E-state index contributed by atoms with van der Waals surface area (Å²) < 4.78 is 4.15. The molecule has 5 nitrogen and oxygen atoms in total. The standard InChI is InChI=1S/C18H17N5/c1-2-18(22-9-8-19-12-22)17-11-23(13-21-17)15-5-6-16-14(10-15)4-3-7-20-16/h3-13,18H,2H2,1H3. The van der Waals surface area contributed by atoms with Crippen molar-refractivity contribution in [2.24, 2.45) is 0 Å². The molecule has 0 saturated carbocycles. The van der Waals surface area contributed by atoms with E-state index in [2.05, 4.69) is 55.4 Å². The first-order valence-corrected chi connectivity index (χ1v) is 7.71. The zero-order valence-electron chi connectivity index (χ0n) is 12.9. The number of pyridine rings is 1. The van der Waals surface area contributed by atoms with E-state index in [1.165, 1.54) is 0 Å². The van der Waals surface area contributed by atoms with Crippen molar-refractivity contribution in [2.45, 2.75) is 19.4 Å². The fourth-order valence-corrected chi connectivity index (χ4v) is 2.90. The van der Waals surface area contributed by atoms with E-state index in [1.54, 1.807) is 6.20 Å². The minimum atomic E-state index is 0.209. The highest BCUT2D eigenvalue weighted by Crippen LogP contribution is 2.22. The number of nitrogens with zero attached hydrogens (tertiary/aromatic N) is 5. The summed E-state index contributed by atoms with van der Waals surface area (Å²) in [5.74, 6) is 0. The molecule has 1 atom stereocenters. The third-order valence-corrected chi connectivity index (χ3v) is 4.10. The Labute approximate surface area is 134 Å². The van der Waals surface area contributed by atoms with Gasteiger partial charge in [0.15, 0.2) is 0 Å². The molecule has 0 aliphatic carbocycles. The lowest BCUT2D eigenvalue weighted by Gasteiger charge is -2.13. The van der Waals surface area contributed by atoms with Crippen LogP contribution in [0.3, 0.4) is 0 Å².